The number of carbonyl (C=O) groups is 2. The topological polar surface area (TPSA) is 110 Å². The van der Waals surface area contributed by atoms with Crippen molar-refractivity contribution in [3.05, 3.63) is 90.2 Å². The first-order valence-corrected chi connectivity index (χ1v) is 13.1. The van der Waals surface area contributed by atoms with E-state index in [0.29, 0.717) is 34.9 Å². The molecular weight excluding hydrogens is 496 g/mol. The molecule has 1 aliphatic heterocycles. The smallest absolute Gasteiger partial charge is 0.313 e. The molecule has 0 atom stereocenters. The number of fused-ring (bicyclic) bond motifs is 1. The van der Waals surface area contributed by atoms with Crippen molar-refractivity contribution in [2.24, 2.45) is 0 Å². The first-order chi connectivity index (χ1) is 19.1. The van der Waals surface area contributed by atoms with Crippen LogP contribution in [0.5, 0.6) is 5.75 Å². The third-order valence-corrected chi connectivity index (χ3v) is 6.60. The standard InChI is InChI=1S/C30H32N4O5/c31-25-8-2-3-9-26(25)32-29(35)22-11-13-24(14-12-22)37-19-18-34(38-20-17-33-15-5-6-16-33)30(36)28-21-23-7-1-4-10-27(23)39-28/h1-4,7-14,21H,5-6,15-20,31H2,(H,32,35). The summed E-state index contributed by atoms with van der Waals surface area (Å²) in [5.74, 6) is 0.155. The summed E-state index contributed by atoms with van der Waals surface area (Å²) in [4.78, 5) is 34.1. The van der Waals surface area contributed by atoms with E-state index in [4.69, 9.17) is 19.7 Å². The van der Waals surface area contributed by atoms with Crippen LogP contribution in [0.25, 0.3) is 11.0 Å². The number of benzene rings is 3. The highest BCUT2D eigenvalue weighted by molar-refractivity contribution is 6.05. The molecule has 3 N–H and O–H groups in total. The molecule has 1 fully saturated rings. The lowest BCUT2D eigenvalue weighted by Crippen LogP contribution is -2.37. The molecule has 4 aromatic rings. The number of furan rings is 1. The Kier molecular flexibility index (Phi) is 8.40. The van der Waals surface area contributed by atoms with Crippen LogP contribution < -0.4 is 15.8 Å². The summed E-state index contributed by atoms with van der Waals surface area (Å²) in [6.07, 6.45) is 2.38. The molecule has 1 aliphatic rings. The number of hydrogen-bond acceptors (Lipinski definition) is 7. The number of nitrogens with two attached hydrogens (primary N) is 1. The number of ether oxygens (including phenoxy) is 1. The zero-order valence-electron chi connectivity index (χ0n) is 21.7. The minimum Gasteiger partial charge on any atom is -0.492 e. The van der Waals surface area contributed by atoms with Gasteiger partial charge in [0.25, 0.3) is 5.91 Å². The largest absolute Gasteiger partial charge is 0.492 e. The average molecular weight is 529 g/mol. The minimum atomic E-state index is -0.358. The number of carbonyl (C=O) groups excluding carboxylic acids is 2. The SMILES string of the molecule is Nc1ccccc1NC(=O)c1ccc(OCCN(OCCN2CCCC2)C(=O)c2cc3ccccc3o2)cc1. The Morgan fingerprint density at radius 1 is 0.949 bits per heavy atom. The Bertz CT molecular complexity index is 1380. The van der Waals surface area contributed by atoms with Crippen LogP contribution in [0.2, 0.25) is 0 Å². The lowest BCUT2D eigenvalue weighted by molar-refractivity contribution is -0.131. The van der Waals surface area contributed by atoms with Gasteiger partial charge in [-0.1, -0.05) is 30.3 Å². The number of nitrogens with one attached hydrogen (secondary N) is 1. The van der Waals surface area contributed by atoms with Crippen LogP contribution in [0, 0.1) is 0 Å². The molecule has 0 radical (unpaired) electrons. The summed E-state index contributed by atoms with van der Waals surface area (Å²) in [6, 6.07) is 23.1. The summed E-state index contributed by atoms with van der Waals surface area (Å²) in [5, 5.41) is 4.96. The van der Waals surface area contributed by atoms with E-state index in [1.54, 1.807) is 54.6 Å². The van der Waals surface area contributed by atoms with Crippen molar-refractivity contribution in [2.45, 2.75) is 12.8 Å². The zero-order valence-corrected chi connectivity index (χ0v) is 21.7. The molecule has 2 amide bonds. The molecule has 1 aromatic heterocycles. The number of nitrogen functional groups attached to an aromatic ring is 1. The van der Waals surface area contributed by atoms with Gasteiger partial charge in [0.2, 0.25) is 0 Å². The second-order valence-corrected chi connectivity index (χ2v) is 9.35. The maximum atomic E-state index is 13.3. The zero-order chi connectivity index (χ0) is 27.0. The maximum absolute atomic E-state index is 13.3. The van der Waals surface area contributed by atoms with Gasteiger partial charge in [-0.15, -0.1) is 0 Å². The molecule has 9 nitrogen and oxygen atoms in total. The minimum absolute atomic E-state index is 0.196. The van der Waals surface area contributed by atoms with Gasteiger partial charge in [-0.25, -0.2) is 5.06 Å². The monoisotopic (exact) mass is 528 g/mol. The van der Waals surface area contributed by atoms with Crippen molar-refractivity contribution in [3.63, 3.8) is 0 Å². The molecule has 1 saturated heterocycles. The van der Waals surface area contributed by atoms with E-state index in [-0.39, 0.29) is 30.7 Å². The van der Waals surface area contributed by atoms with Crippen LogP contribution in [0.1, 0.15) is 33.8 Å². The molecule has 0 unspecified atom stereocenters. The fourth-order valence-corrected chi connectivity index (χ4v) is 4.48. The number of likely N-dealkylation sites (tertiary alicyclic amines) is 1. The molecule has 0 saturated carbocycles. The van der Waals surface area contributed by atoms with Gasteiger partial charge in [-0.2, -0.15) is 0 Å². The van der Waals surface area contributed by atoms with E-state index in [1.807, 2.05) is 24.3 Å². The van der Waals surface area contributed by atoms with E-state index < -0.39 is 0 Å². The van der Waals surface area contributed by atoms with Crippen molar-refractivity contribution < 1.29 is 23.6 Å². The summed E-state index contributed by atoms with van der Waals surface area (Å²) in [6.45, 7) is 3.64. The molecule has 3 aromatic carbocycles. The van der Waals surface area contributed by atoms with Gasteiger partial charge in [0.1, 0.15) is 17.9 Å². The van der Waals surface area contributed by atoms with E-state index in [0.717, 1.165) is 25.0 Å². The van der Waals surface area contributed by atoms with Crippen molar-refractivity contribution >= 4 is 34.2 Å². The first kappa shape index (κ1) is 26.3. The Labute approximate surface area is 227 Å². The number of anilines is 2. The quantitative estimate of drug-likeness (QED) is 0.212. The maximum Gasteiger partial charge on any atom is 0.313 e. The Morgan fingerprint density at radius 2 is 1.69 bits per heavy atom. The number of hydrogen-bond donors (Lipinski definition) is 2. The molecule has 0 bridgehead atoms. The van der Waals surface area contributed by atoms with E-state index in [2.05, 4.69) is 10.2 Å². The number of amides is 2. The predicted octanol–water partition coefficient (Wildman–Crippen LogP) is 4.82. The van der Waals surface area contributed by atoms with Gasteiger partial charge >= 0.3 is 5.91 Å². The Morgan fingerprint density at radius 3 is 2.46 bits per heavy atom. The molecular formula is C30H32N4O5. The normalized spacial score (nSPS) is 13.4. The molecule has 2 heterocycles. The number of hydroxylamine groups is 2. The number of para-hydroxylation sites is 3. The van der Waals surface area contributed by atoms with Crippen LogP contribution in [0.4, 0.5) is 11.4 Å². The molecule has 0 aliphatic carbocycles. The summed E-state index contributed by atoms with van der Waals surface area (Å²) < 4.78 is 11.6. The van der Waals surface area contributed by atoms with Crippen molar-refractivity contribution in [3.8, 4) is 5.75 Å². The fourth-order valence-electron chi connectivity index (χ4n) is 4.48. The van der Waals surface area contributed by atoms with E-state index in [1.165, 1.54) is 17.9 Å². The molecule has 202 valence electrons. The van der Waals surface area contributed by atoms with Crippen molar-refractivity contribution in [1.29, 1.82) is 0 Å². The van der Waals surface area contributed by atoms with Gasteiger partial charge in [0.15, 0.2) is 5.76 Å². The Hall–Kier alpha value is -4.34. The highest BCUT2D eigenvalue weighted by Crippen LogP contribution is 2.21. The third kappa shape index (κ3) is 6.76. The van der Waals surface area contributed by atoms with Gasteiger partial charge in [0, 0.05) is 17.5 Å². The van der Waals surface area contributed by atoms with Crippen molar-refractivity contribution in [1.82, 2.24) is 9.96 Å². The van der Waals surface area contributed by atoms with Crippen LogP contribution in [0.15, 0.2) is 83.3 Å². The van der Waals surface area contributed by atoms with Gasteiger partial charge in [-0.3, -0.25) is 14.4 Å². The lowest BCUT2D eigenvalue weighted by Gasteiger charge is -2.23. The predicted molar refractivity (Wildman–Crippen MR) is 150 cm³/mol. The van der Waals surface area contributed by atoms with Gasteiger partial charge < -0.3 is 25.1 Å². The summed E-state index contributed by atoms with van der Waals surface area (Å²) >= 11 is 0. The summed E-state index contributed by atoms with van der Waals surface area (Å²) in [5.41, 5.74) is 8.08. The molecule has 39 heavy (non-hydrogen) atoms. The van der Waals surface area contributed by atoms with Gasteiger partial charge in [0.05, 0.1) is 24.5 Å². The lowest BCUT2D eigenvalue weighted by atomic mass is 10.2. The number of nitrogens with zero attached hydrogens (tertiary/aromatic N) is 2. The van der Waals surface area contributed by atoms with E-state index >= 15 is 0 Å². The van der Waals surface area contributed by atoms with Crippen LogP contribution >= 0.6 is 0 Å². The Balaban J connectivity index is 1.18. The summed E-state index contributed by atoms with van der Waals surface area (Å²) in [7, 11) is 0. The van der Waals surface area contributed by atoms with Gasteiger partial charge in [-0.05, 0) is 74.5 Å². The fraction of sp³-hybridized carbons (Fsp3) is 0.267. The van der Waals surface area contributed by atoms with Crippen LogP contribution in [0.3, 0.4) is 0 Å². The highest BCUT2D eigenvalue weighted by atomic mass is 16.7. The first-order valence-electron chi connectivity index (χ1n) is 13.1. The average Bonchev–Trinajstić information content (AvgIpc) is 3.63. The molecule has 9 heteroatoms. The van der Waals surface area contributed by atoms with Crippen LogP contribution in [-0.2, 0) is 4.84 Å². The second-order valence-electron chi connectivity index (χ2n) is 9.35. The second kappa shape index (κ2) is 12.5. The number of rotatable bonds is 11. The third-order valence-electron chi connectivity index (χ3n) is 6.60. The van der Waals surface area contributed by atoms with Crippen LogP contribution in [-0.4, -0.2) is 61.2 Å². The van der Waals surface area contributed by atoms with E-state index in [9.17, 15) is 9.59 Å². The van der Waals surface area contributed by atoms with Crippen molar-refractivity contribution in [2.75, 3.05) is 50.4 Å². The molecule has 5 rings (SSSR count). The highest BCUT2D eigenvalue weighted by Gasteiger charge is 2.22. The molecule has 0 spiro atoms.